The van der Waals surface area contributed by atoms with Gasteiger partial charge in [-0.2, -0.15) is 0 Å². The van der Waals surface area contributed by atoms with Gasteiger partial charge in [-0.15, -0.1) is 9.14 Å². The van der Waals surface area contributed by atoms with Crippen LogP contribution in [-0.4, -0.2) is 147 Å². The van der Waals surface area contributed by atoms with Gasteiger partial charge in [0.1, 0.15) is 30.3 Å². The molecule has 5 atom stereocenters. The van der Waals surface area contributed by atoms with Gasteiger partial charge in [-0.1, -0.05) is 12.0 Å². The summed E-state index contributed by atoms with van der Waals surface area (Å²) >= 11 is 0. The monoisotopic (exact) mass is 753 g/mol. The van der Waals surface area contributed by atoms with E-state index >= 15 is 0 Å². The number of amides is 2. The zero-order valence-electron chi connectivity index (χ0n) is 28.1. The molecule has 3 aliphatic rings. The molecule has 8 N–H and O–H groups in total. The van der Waals surface area contributed by atoms with Crippen molar-refractivity contribution in [2.75, 3.05) is 26.2 Å². The molecule has 2 unspecified atom stereocenters. The highest BCUT2D eigenvalue weighted by Crippen LogP contribution is 2.40. The first-order chi connectivity index (χ1) is 24.5. The Morgan fingerprint density at radius 3 is 1.98 bits per heavy atom. The standard InChI is InChI=1S/C31H39N7O14.CH4/c39-19(4-5-20(28(48)49)32-30(52)33-21(29(50)51)6-7-24(40)41)13-18(27(46)47)3-1-2-12-38-16-22-34(14-25(42)43)8-10-36(22)31(38)37-11-9-35(15-26(44)45)23(37)17-38;/h8-10,18,20-21,31H,1-7,11-17H2,(H4-4,32,33,40,41,42,43,44,45,46,47,48,49,50,51,52);1H4/p+4/t18-,20+,21+,31?,38?;/m1./s1. The van der Waals surface area contributed by atoms with E-state index in [0.717, 1.165) is 11.7 Å². The fourth-order valence-corrected chi connectivity index (χ4v) is 7.14. The summed E-state index contributed by atoms with van der Waals surface area (Å²) in [5.74, 6) is -7.54. The van der Waals surface area contributed by atoms with Crippen LogP contribution in [0, 0.1) is 5.92 Å². The molecule has 53 heavy (non-hydrogen) atoms. The van der Waals surface area contributed by atoms with Crippen LogP contribution in [0.4, 0.5) is 4.79 Å². The molecule has 0 bridgehead atoms. The van der Waals surface area contributed by atoms with Crippen LogP contribution in [0.2, 0.25) is 0 Å². The van der Waals surface area contributed by atoms with Gasteiger partial charge in [-0.25, -0.2) is 33.0 Å². The molecule has 4 rings (SSSR count). The number of aliphatic carboxylic acids is 6. The fourth-order valence-electron chi connectivity index (χ4n) is 7.14. The number of carbonyl (C=O) groups excluding carboxylic acids is 2. The summed E-state index contributed by atoms with van der Waals surface area (Å²) in [5.41, 5.74) is 0. The Bertz CT molecular complexity index is 1720. The quantitative estimate of drug-likeness (QED) is 0.0383. The van der Waals surface area contributed by atoms with Crippen molar-refractivity contribution in [2.45, 2.75) is 90.3 Å². The van der Waals surface area contributed by atoms with Crippen LogP contribution >= 0.6 is 0 Å². The lowest BCUT2D eigenvalue weighted by Gasteiger charge is -2.27. The second-order valence-electron chi connectivity index (χ2n) is 13.2. The van der Waals surface area contributed by atoms with Gasteiger partial charge in [0.25, 0.3) is 6.54 Å². The van der Waals surface area contributed by atoms with Crippen LogP contribution in [-0.2, 0) is 46.7 Å². The van der Waals surface area contributed by atoms with E-state index in [1.165, 1.54) is 0 Å². The molecule has 0 spiro atoms. The zero-order valence-corrected chi connectivity index (χ0v) is 28.1. The minimum Gasteiger partial charge on any atom is -0.481 e. The number of hydrogen-bond donors (Lipinski definition) is 8. The number of carboxylic acid groups (broad SMARTS) is 6. The van der Waals surface area contributed by atoms with Gasteiger partial charge in [0.15, 0.2) is 13.1 Å². The molecule has 290 valence electrons. The van der Waals surface area contributed by atoms with Crippen LogP contribution in [0.15, 0.2) is 12.4 Å². The van der Waals surface area contributed by atoms with E-state index < -0.39 is 91.3 Å². The molecule has 0 saturated heterocycles. The Morgan fingerprint density at radius 2 is 1.42 bits per heavy atom. The predicted octanol–water partition coefficient (Wildman–Crippen LogP) is -1.43. The van der Waals surface area contributed by atoms with Crippen molar-refractivity contribution in [3.8, 4) is 0 Å². The van der Waals surface area contributed by atoms with Crippen LogP contribution in [0.3, 0.4) is 0 Å². The van der Waals surface area contributed by atoms with Crippen LogP contribution in [0.5, 0.6) is 0 Å². The predicted molar refractivity (Wildman–Crippen MR) is 176 cm³/mol. The molecule has 0 saturated carbocycles. The number of ketones is 1. The number of nitrogens with one attached hydrogen (secondary N) is 2. The maximum absolute atomic E-state index is 12.8. The van der Waals surface area contributed by atoms with Crippen molar-refractivity contribution in [1.29, 1.82) is 0 Å². The summed E-state index contributed by atoms with van der Waals surface area (Å²) in [4.78, 5) is 93.9. The number of urea groups is 1. The third-order valence-corrected chi connectivity index (χ3v) is 9.53. The summed E-state index contributed by atoms with van der Waals surface area (Å²) in [7, 11) is 0. The highest BCUT2D eigenvalue weighted by molar-refractivity contribution is 5.88. The van der Waals surface area contributed by atoms with E-state index in [4.69, 9.17) is 5.11 Å². The van der Waals surface area contributed by atoms with Crippen LogP contribution in [0.25, 0.3) is 0 Å². The molecular weight excluding hydrogens is 706 g/mol. The molecule has 0 fully saturated rings. The van der Waals surface area contributed by atoms with E-state index in [-0.39, 0.29) is 39.6 Å². The highest BCUT2D eigenvalue weighted by Gasteiger charge is 2.69. The van der Waals surface area contributed by atoms with Crippen LogP contribution in [0.1, 0.15) is 70.9 Å². The van der Waals surface area contributed by atoms with Crippen molar-refractivity contribution >= 4 is 59.7 Å². The summed E-state index contributed by atoms with van der Waals surface area (Å²) in [6.45, 7) is 1.51. The average molecular weight is 754 g/mol. The second kappa shape index (κ2) is 17.7. The molecular formula is C32H47N7O14+4. The van der Waals surface area contributed by atoms with E-state index in [9.17, 15) is 63.9 Å². The second-order valence-corrected chi connectivity index (χ2v) is 13.2. The molecule has 2 amide bonds. The fraction of sp³-hybridized carbons (Fsp3) is 0.594. The summed E-state index contributed by atoms with van der Waals surface area (Å²) in [6.07, 6.45) is 3.93. The number of imidazole rings is 1. The number of Topliss-reactive ketones (excluding diaryl/α,β-unsaturated/α-hetero) is 1. The number of rotatable bonds is 22. The number of hydrogen-bond acceptors (Lipinski definition) is 8. The summed E-state index contributed by atoms with van der Waals surface area (Å²) in [6, 6.07) is -4.41. The van der Waals surface area contributed by atoms with Gasteiger partial charge >= 0.3 is 59.8 Å². The Labute approximate surface area is 302 Å². The van der Waals surface area contributed by atoms with Gasteiger partial charge in [0.2, 0.25) is 19.3 Å². The Balaban J connectivity index is 0.00000756. The number of quaternary nitrogens is 1. The highest BCUT2D eigenvalue weighted by atomic mass is 16.4. The Kier molecular flexibility index (Phi) is 13.9. The van der Waals surface area contributed by atoms with Crippen LogP contribution < -0.4 is 15.2 Å². The van der Waals surface area contributed by atoms with Crippen molar-refractivity contribution < 1.29 is 87.2 Å². The number of carbonyl (C=O) groups is 8. The third kappa shape index (κ3) is 10.2. The Morgan fingerprint density at radius 1 is 0.792 bits per heavy atom. The topological polar surface area (TPSA) is 297 Å². The summed E-state index contributed by atoms with van der Waals surface area (Å²) in [5, 5.41) is 60.2. The van der Waals surface area contributed by atoms with Gasteiger partial charge in [-0.3, -0.25) is 14.4 Å². The van der Waals surface area contributed by atoms with Crippen molar-refractivity contribution in [2.24, 2.45) is 5.92 Å². The lowest BCUT2D eigenvalue weighted by molar-refractivity contribution is -1.02. The number of fused-ring (bicyclic) bond motifs is 4. The molecule has 1 aromatic rings. The molecule has 21 nitrogen and oxygen atoms in total. The van der Waals surface area contributed by atoms with E-state index in [1.54, 1.807) is 15.3 Å². The number of nitrogens with zero attached hydrogens (tertiary/aromatic N) is 5. The maximum Gasteiger partial charge on any atom is 0.478 e. The number of carboxylic acids is 6. The molecule has 4 heterocycles. The minimum atomic E-state index is -1.62. The third-order valence-electron chi connectivity index (χ3n) is 9.53. The smallest absolute Gasteiger partial charge is 0.478 e. The first kappa shape index (κ1) is 41.7. The number of amidine groups is 1. The van der Waals surface area contributed by atoms with E-state index in [1.807, 2.05) is 27.6 Å². The molecule has 0 aromatic carbocycles. The average Bonchev–Trinajstić information content (AvgIpc) is 3.76. The largest absolute Gasteiger partial charge is 0.481 e. The maximum atomic E-state index is 12.8. The van der Waals surface area contributed by atoms with Gasteiger partial charge in [0.05, 0.1) is 12.5 Å². The zero-order chi connectivity index (χ0) is 38.3. The van der Waals surface area contributed by atoms with Gasteiger partial charge in [0, 0.05) is 19.3 Å². The van der Waals surface area contributed by atoms with Crippen molar-refractivity contribution in [3.05, 3.63) is 18.2 Å². The lowest BCUT2D eigenvalue weighted by Crippen LogP contribution is -2.51. The first-order valence-electron chi connectivity index (χ1n) is 16.6. The first-order valence-corrected chi connectivity index (χ1v) is 16.6. The summed E-state index contributed by atoms with van der Waals surface area (Å²) < 4.78 is 7.91. The number of aromatic nitrogens is 2. The normalized spacial score (nSPS) is 19.8. The minimum absolute atomic E-state index is 0. The van der Waals surface area contributed by atoms with Gasteiger partial charge < -0.3 is 41.3 Å². The molecule has 21 heteroatoms. The molecule has 3 aliphatic heterocycles. The Hall–Kier alpha value is -5.73. The van der Waals surface area contributed by atoms with E-state index in [2.05, 4.69) is 4.58 Å². The lowest BCUT2D eigenvalue weighted by atomic mass is 9.93. The molecule has 0 radical (unpaired) electrons. The van der Waals surface area contributed by atoms with Gasteiger partial charge in [-0.05, 0) is 32.1 Å². The molecule has 0 aliphatic carbocycles. The van der Waals surface area contributed by atoms with E-state index in [0.29, 0.717) is 43.5 Å². The number of unbranched alkanes of at least 4 members (excludes halogenated alkanes) is 1. The van der Waals surface area contributed by atoms with Crippen molar-refractivity contribution in [3.63, 3.8) is 0 Å². The SMILES string of the molecule is C.O=C(O)CC[C@H](NC(=O)N[C@@H](CCC(=O)C[C@@H](CCCC[N+]12CC3=[N+](CC=[N+]3CC(=O)O)C1n1cc[n+](CC(=O)O)c1C2)C(=O)O)C(=O)O)C(=O)O. The molecule has 1 aromatic heterocycles. The van der Waals surface area contributed by atoms with Crippen molar-refractivity contribution in [1.82, 2.24) is 15.2 Å².